The molecule has 0 aliphatic rings. The fourth-order valence-electron chi connectivity index (χ4n) is 3.72. The summed E-state index contributed by atoms with van der Waals surface area (Å²) in [5.74, 6) is 0.389. The van der Waals surface area contributed by atoms with E-state index in [1.807, 2.05) is 61.5 Å². The molecule has 4 aromatic rings. The number of benzene rings is 2. The Bertz CT molecular complexity index is 1310. The van der Waals surface area contributed by atoms with Crippen molar-refractivity contribution in [3.05, 3.63) is 69.8 Å². The zero-order valence-corrected chi connectivity index (χ0v) is 18.1. The van der Waals surface area contributed by atoms with Crippen LogP contribution in [0.1, 0.15) is 17.7 Å². The Morgan fingerprint density at radius 2 is 1.87 bits per heavy atom. The third-order valence-electron chi connectivity index (χ3n) is 5.15. The number of ether oxygens (including phenoxy) is 1. The minimum Gasteiger partial charge on any atom is -0.497 e. The third kappa shape index (κ3) is 4.09. The van der Waals surface area contributed by atoms with E-state index in [2.05, 4.69) is 0 Å². The Morgan fingerprint density at radius 3 is 2.58 bits per heavy atom. The molecule has 0 radical (unpaired) electrons. The Hall–Kier alpha value is -3.45. The number of methoxy groups -OCH3 is 1. The zero-order chi connectivity index (χ0) is 22.0. The van der Waals surface area contributed by atoms with Gasteiger partial charge in [-0.2, -0.15) is 0 Å². The first kappa shape index (κ1) is 20.8. The number of carbonyl (C=O) groups is 1. The lowest BCUT2D eigenvalue weighted by Gasteiger charge is -2.13. The predicted octanol–water partition coefficient (Wildman–Crippen LogP) is 4.97. The average molecular weight is 435 g/mol. The minimum absolute atomic E-state index is 0.00981. The fraction of sp³-hybridized carbons (Fsp3) is 0.208. The maximum Gasteiger partial charge on any atom is 0.303 e. The molecule has 2 aromatic carbocycles. The number of aliphatic carboxylic acids is 1. The summed E-state index contributed by atoms with van der Waals surface area (Å²) in [6.45, 7) is 2.27. The summed E-state index contributed by atoms with van der Waals surface area (Å²) in [5, 5.41) is 9.61. The number of aromatic nitrogens is 2. The second-order valence-corrected chi connectivity index (χ2v) is 8.40. The smallest absolute Gasteiger partial charge is 0.303 e. The van der Waals surface area contributed by atoms with Crippen molar-refractivity contribution in [3.63, 3.8) is 0 Å². The van der Waals surface area contributed by atoms with E-state index in [0.29, 0.717) is 28.2 Å². The largest absolute Gasteiger partial charge is 0.497 e. The molecule has 2 heterocycles. The first-order valence-electron chi connectivity index (χ1n) is 9.95. The molecule has 6 nitrogen and oxygen atoms in total. The van der Waals surface area contributed by atoms with Crippen LogP contribution in [0.4, 0.5) is 0 Å². The van der Waals surface area contributed by atoms with Gasteiger partial charge < -0.3 is 9.84 Å². The molecule has 0 saturated heterocycles. The summed E-state index contributed by atoms with van der Waals surface area (Å²) in [7, 11) is 1.61. The zero-order valence-electron chi connectivity index (χ0n) is 17.3. The number of carboxylic acids is 1. The number of nitrogens with zero attached hydrogens (tertiary/aromatic N) is 2. The van der Waals surface area contributed by atoms with E-state index in [0.717, 1.165) is 21.6 Å². The van der Waals surface area contributed by atoms with E-state index < -0.39 is 5.97 Å². The Balaban J connectivity index is 1.96. The number of rotatable bonds is 7. The molecule has 0 fully saturated rings. The molecular formula is C24H22N2O4S. The topological polar surface area (TPSA) is 81.4 Å². The number of hydrogen-bond acceptors (Lipinski definition) is 5. The molecule has 7 heteroatoms. The lowest BCUT2D eigenvalue weighted by atomic mass is 10.0. The second-order valence-electron chi connectivity index (χ2n) is 7.20. The van der Waals surface area contributed by atoms with Crippen molar-refractivity contribution in [2.75, 3.05) is 7.11 Å². The molecule has 0 amide bonds. The van der Waals surface area contributed by atoms with Crippen LogP contribution in [-0.4, -0.2) is 27.7 Å². The summed E-state index contributed by atoms with van der Waals surface area (Å²) < 4.78 is 6.97. The number of carboxylic acid groups (broad SMARTS) is 1. The molecule has 31 heavy (non-hydrogen) atoms. The van der Waals surface area contributed by atoms with Gasteiger partial charge >= 0.3 is 5.97 Å². The Morgan fingerprint density at radius 1 is 1.13 bits per heavy atom. The number of hydrogen-bond donors (Lipinski definition) is 1. The van der Waals surface area contributed by atoms with Crippen molar-refractivity contribution < 1.29 is 14.6 Å². The number of aryl methyl sites for hydroxylation is 1. The average Bonchev–Trinajstić information content (AvgIpc) is 3.11. The van der Waals surface area contributed by atoms with E-state index in [1.165, 1.54) is 11.3 Å². The molecule has 0 aliphatic heterocycles. The molecule has 0 atom stereocenters. The lowest BCUT2D eigenvalue weighted by Crippen LogP contribution is -2.24. The quantitative estimate of drug-likeness (QED) is 0.444. The molecule has 4 rings (SSSR count). The van der Waals surface area contributed by atoms with Crippen LogP contribution in [-0.2, 0) is 11.3 Å². The van der Waals surface area contributed by atoms with E-state index in [4.69, 9.17) is 14.8 Å². The van der Waals surface area contributed by atoms with E-state index in [1.54, 1.807) is 11.7 Å². The molecular weight excluding hydrogens is 412 g/mol. The first-order valence-corrected chi connectivity index (χ1v) is 10.8. The maximum absolute atomic E-state index is 13.7. The second kappa shape index (κ2) is 8.73. The molecule has 1 N–H and O–H groups in total. The highest BCUT2D eigenvalue weighted by molar-refractivity contribution is 7.19. The van der Waals surface area contributed by atoms with E-state index in [-0.39, 0.29) is 18.5 Å². The molecule has 2 aromatic heterocycles. The first-order chi connectivity index (χ1) is 15.0. The number of thiophene rings is 1. The van der Waals surface area contributed by atoms with Gasteiger partial charge in [-0.1, -0.05) is 42.5 Å². The predicted molar refractivity (Wildman–Crippen MR) is 123 cm³/mol. The van der Waals surface area contributed by atoms with Crippen LogP contribution in [0.15, 0.2) is 59.4 Å². The van der Waals surface area contributed by atoms with Gasteiger partial charge in [-0.05, 0) is 31.0 Å². The van der Waals surface area contributed by atoms with Gasteiger partial charge in [0.25, 0.3) is 5.56 Å². The van der Waals surface area contributed by atoms with Crippen molar-refractivity contribution in [2.24, 2.45) is 0 Å². The summed E-state index contributed by atoms with van der Waals surface area (Å²) in [6.07, 6.45) is 0.337. The third-order valence-corrected chi connectivity index (χ3v) is 6.15. The van der Waals surface area contributed by atoms with E-state index >= 15 is 0 Å². The van der Waals surface area contributed by atoms with Crippen LogP contribution in [0.5, 0.6) is 5.75 Å². The summed E-state index contributed by atoms with van der Waals surface area (Å²) in [6, 6.07) is 17.1. The molecule has 0 bridgehead atoms. The van der Waals surface area contributed by atoms with Gasteiger partial charge in [0.1, 0.15) is 16.4 Å². The Kier molecular flexibility index (Phi) is 5.86. The van der Waals surface area contributed by atoms with Crippen molar-refractivity contribution in [1.82, 2.24) is 9.55 Å². The standard InChI is InChI=1S/C24H22N2O4S/c1-15-20(17-10-6-11-18(14-17)30-2)21-23(31-15)25-22(16-8-4-3-5-9-16)26(24(21)29)13-7-12-19(27)28/h3-6,8-11,14H,7,12-13H2,1-2H3,(H,27,28). The van der Waals surface area contributed by atoms with Gasteiger partial charge in [0, 0.05) is 29.0 Å². The van der Waals surface area contributed by atoms with Crippen LogP contribution < -0.4 is 10.3 Å². The minimum atomic E-state index is -0.883. The molecule has 0 saturated carbocycles. The monoisotopic (exact) mass is 434 g/mol. The fourth-order valence-corrected chi connectivity index (χ4v) is 4.76. The van der Waals surface area contributed by atoms with Gasteiger partial charge in [0.05, 0.1) is 12.5 Å². The molecule has 158 valence electrons. The molecule has 0 unspecified atom stereocenters. The maximum atomic E-state index is 13.7. The van der Waals surface area contributed by atoms with Gasteiger partial charge in [0.2, 0.25) is 0 Å². The van der Waals surface area contributed by atoms with Crippen LogP contribution in [0.3, 0.4) is 0 Å². The van der Waals surface area contributed by atoms with Crippen LogP contribution in [0.2, 0.25) is 0 Å². The van der Waals surface area contributed by atoms with Crippen molar-refractivity contribution in [3.8, 4) is 28.3 Å². The van der Waals surface area contributed by atoms with Gasteiger partial charge in [0.15, 0.2) is 0 Å². The normalized spacial score (nSPS) is 11.0. The summed E-state index contributed by atoms with van der Waals surface area (Å²) in [4.78, 5) is 31.3. The van der Waals surface area contributed by atoms with Crippen molar-refractivity contribution >= 4 is 27.5 Å². The summed E-state index contributed by atoms with van der Waals surface area (Å²) >= 11 is 1.49. The highest BCUT2D eigenvalue weighted by Gasteiger charge is 2.21. The highest BCUT2D eigenvalue weighted by Crippen LogP contribution is 2.37. The van der Waals surface area contributed by atoms with Crippen LogP contribution >= 0.6 is 11.3 Å². The highest BCUT2D eigenvalue weighted by atomic mass is 32.1. The summed E-state index contributed by atoms with van der Waals surface area (Å²) in [5.41, 5.74) is 2.41. The SMILES string of the molecule is COc1cccc(-c2c(C)sc3nc(-c4ccccc4)n(CCCC(=O)O)c(=O)c23)c1. The van der Waals surface area contributed by atoms with Gasteiger partial charge in [-0.25, -0.2) is 4.98 Å². The number of fused-ring (bicyclic) bond motifs is 1. The Labute approximate surface area is 183 Å². The van der Waals surface area contributed by atoms with Gasteiger partial charge in [-0.3, -0.25) is 14.2 Å². The van der Waals surface area contributed by atoms with Crippen LogP contribution in [0, 0.1) is 6.92 Å². The van der Waals surface area contributed by atoms with E-state index in [9.17, 15) is 9.59 Å². The van der Waals surface area contributed by atoms with Crippen molar-refractivity contribution in [2.45, 2.75) is 26.3 Å². The van der Waals surface area contributed by atoms with Crippen LogP contribution in [0.25, 0.3) is 32.7 Å². The molecule has 0 spiro atoms. The van der Waals surface area contributed by atoms with Crippen molar-refractivity contribution in [1.29, 1.82) is 0 Å². The van der Waals surface area contributed by atoms with Gasteiger partial charge in [-0.15, -0.1) is 11.3 Å². The lowest BCUT2D eigenvalue weighted by molar-refractivity contribution is -0.137. The molecule has 0 aliphatic carbocycles.